The Morgan fingerprint density at radius 2 is 2.15 bits per heavy atom. The van der Waals surface area contributed by atoms with Crippen LogP contribution in [0.15, 0.2) is 11.0 Å². The summed E-state index contributed by atoms with van der Waals surface area (Å²) in [6, 6.07) is 0. The van der Waals surface area contributed by atoms with Crippen molar-refractivity contribution in [2.45, 2.75) is 32.7 Å². The largest absolute Gasteiger partial charge is 0.309 e. The van der Waals surface area contributed by atoms with E-state index in [-0.39, 0.29) is 5.56 Å². The molecule has 0 spiro atoms. The molecule has 0 amide bonds. The first-order valence-corrected chi connectivity index (χ1v) is 7.30. The lowest BCUT2D eigenvalue weighted by Crippen LogP contribution is -2.34. The molecule has 0 bridgehead atoms. The van der Waals surface area contributed by atoms with Crippen LogP contribution in [0.25, 0.3) is 11.0 Å². The van der Waals surface area contributed by atoms with E-state index in [9.17, 15) is 4.79 Å². The number of piperidine rings is 1. The summed E-state index contributed by atoms with van der Waals surface area (Å²) in [5.41, 5.74) is 0.564. The van der Waals surface area contributed by atoms with Crippen molar-refractivity contribution in [1.29, 1.82) is 0 Å². The third-order valence-corrected chi connectivity index (χ3v) is 4.31. The Morgan fingerprint density at radius 3 is 2.85 bits per heavy atom. The van der Waals surface area contributed by atoms with Gasteiger partial charge in [0.25, 0.3) is 5.56 Å². The number of aromatic amines is 1. The zero-order valence-corrected chi connectivity index (χ0v) is 12.1. The number of likely N-dealkylation sites (tertiary alicyclic amines) is 1. The Morgan fingerprint density at radius 1 is 1.40 bits per heavy atom. The predicted molar refractivity (Wildman–Crippen MR) is 77.4 cm³/mol. The van der Waals surface area contributed by atoms with Gasteiger partial charge in [-0.15, -0.1) is 0 Å². The summed E-state index contributed by atoms with van der Waals surface area (Å²) in [7, 11) is 1.81. The number of nitrogens with zero attached hydrogens (tertiary/aromatic N) is 4. The highest BCUT2D eigenvalue weighted by Crippen LogP contribution is 2.20. The molecule has 2 aromatic rings. The van der Waals surface area contributed by atoms with E-state index in [1.807, 2.05) is 7.05 Å². The highest BCUT2D eigenvalue weighted by molar-refractivity contribution is 5.72. The molecular formula is C14H21N5O. The molecule has 108 valence electrons. The molecule has 1 saturated heterocycles. The van der Waals surface area contributed by atoms with E-state index in [1.54, 1.807) is 10.9 Å². The third-order valence-electron chi connectivity index (χ3n) is 4.31. The van der Waals surface area contributed by atoms with Gasteiger partial charge in [-0.25, -0.2) is 4.98 Å². The minimum absolute atomic E-state index is 0.0958. The normalized spacial score (nSPS) is 17.9. The second-order valence-electron chi connectivity index (χ2n) is 5.65. The molecular weight excluding hydrogens is 254 g/mol. The number of H-pyrrole nitrogens is 1. The Hall–Kier alpha value is -1.69. The lowest BCUT2D eigenvalue weighted by Gasteiger charge is -2.30. The number of hydrogen-bond donors (Lipinski definition) is 1. The number of aryl methyl sites for hydroxylation is 1. The highest BCUT2D eigenvalue weighted by atomic mass is 16.1. The summed E-state index contributed by atoms with van der Waals surface area (Å²) >= 11 is 0. The molecule has 0 atom stereocenters. The van der Waals surface area contributed by atoms with Crippen molar-refractivity contribution in [3.63, 3.8) is 0 Å². The number of hydrogen-bond acceptors (Lipinski definition) is 4. The average molecular weight is 275 g/mol. The van der Waals surface area contributed by atoms with E-state index in [1.165, 1.54) is 19.3 Å². The quantitative estimate of drug-likeness (QED) is 0.916. The highest BCUT2D eigenvalue weighted by Gasteiger charge is 2.19. The first-order chi connectivity index (χ1) is 9.67. The van der Waals surface area contributed by atoms with Crippen LogP contribution in [0.2, 0.25) is 0 Å². The van der Waals surface area contributed by atoms with Gasteiger partial charge in [0.2, 0.25) is 0 Å². The number of rotatable bonds is 3. The van der Waals surface area contributed by atoms with Gasteiger partial charge in [-0.2, -0.15) is 5.10 Å². The van der Waals surface area contributed by atoms with Crippen molar-refractivity contribution in [2.75, 3.05) is 13.1 Å². The van der Waals surface area contributed by atoms with Crippen molar-refractivity contribution < 1.29 is 0 Å². The summed E-state index contributed by atoms with van der Waals surface area (Å²) in [6.07, 6.45) is 5.32. The Labute approximate surface area is 117 Å². The molecule has 2 aromatic heterocycles. The Bertz CT molecular complexity index is 651. The molecule has 3 heterocycles. The van der Waals surface area contributed by atoms with Gasteiger partial charge in [-0.3, -0.25) is 14.4 Å². The van der Waals surface area contributed by atoms with Crippen LogP contribution < -0.4 is 5.56 Å². The van der Waals surface area contributed by atoms with E-state index in [2.05, 4.69) is 26.9 Å². The van der Waals surface area contributed by atoms with Gasteiger partial charge in [0.05, 0.1) is 12.7 Å². The van der Waals surface area contributed by atoms with Crippen molar-refractivity contribution in [2.24, 2.45) is 13.0 Å². The fraction of sp³-hybridized carbons (Fsp3) is 0.643. The molecule has 1 fully saturated rings. The average Bonchev–Trinajstić information content (AvgIpc) is 2.82. The molecule has 1 aliphatic heterocycles. The molecule has 0 aliphatic carbocycles. The van der Waals surface area contributed by atoms with Gasteiger partial charge in [-0.05, 0) is 31.8 Å². The van der Waals surface area contributed by atoms with Gasteiger partial charge in [0.1, 0.15) is 11.2 Å². The number of aromatic nitrogens is 4. The zero-order chi connectivity index (χ0) is 14.1. The molecule has 1 N–H and O–H groups in total. The lowest BCUT2D eigenvalue weighted by atomic mass is 9.94. The molecule has 0 saturated carbocycles. The third kappa shape index (κ3) is 2.47. The minimum Gasteiger partial charge on any atom is -0.309 e. The molecule has 1 aliphatic rings. The summed E-state index contributed by atoms with van der Waals surface area (Å²) in [5.74, 6) is 1.60. The monoisotopic (exact) mass is 275 g/mol. The van der Waals surface area contributed by atoms with Crippen molar-refractivity contribution >= 4 is 11.0 Å². The van der Waals surface area contributed by atoms with Gasteiger partial charge in [0.15, 0.2) is 5.65 Å². The van der Waals surface area contributed by atoms with Crippen LogP contribution in [-0.2, 0) is 13.6 Å². The van der Waals surface area contributed by atoms with Crippen LogP contribution in [0.4, 0.5) is 0 Å². The Kier molecular flexibility index (Phi) is 3.56. The zero-order valence-electron chi connectivity index (χ0n) is 12.1. The van der Waals surface area contributed by atoms with E-state index in [0.29, 0.717) is 17.6 Å². The van der Waals surface area contributed by atoms with Crippen molar-refractivity contribution in [3.8, 4) is 0 Å². The molecule has 6 heteroatoms. The maximum absolute atomic E-state index is 12.0. The maximum atomic E-state index is 12.0. The predicted octanol–water partition coefficient (Wildman–Crippen LogP) is 1.28. The smallest absolute Gasteiger partial charge is 0.262 e. The molecule has 6 nitrogen and oxygen atoms in total. The molecule has 0 aromatic carbocycles. The van der Waals surface area contributed by atoms with Gasteiger partial charge < -0.3 is 4.98 Å². The molecule has 0 radical (unpaired) electrons. The fourth-order valence-corrected chi connectivity index (χ4v) is 2.92. The minimum atomic E-state index is -0.0958. The van der Waals surface area contributed by atoms with Crippen LogP contribution in [0.1, 0.15) is 32.0 Å². The maximum Gasteiger partial charge on any atom is 0.262 e. The van der Waals surface area contributed by atoms with Crippen LogP contribution in [0.5, 0.6) is 0 Å². The van der Waals surface area contributed by atoms with E-state index >= 15 is 0 Å². The Balaban J connectivity index is 1.78. The number of nitrogens with one attached hydrogen (secondary N) is 1. The SMILES string of the molecule is CCC1CCN(Cc2nc3c(cnn3C)c(=O)[nH]2)CC1. The first kappa shape index (κ1) is 13.3. The lowest BCUT2D eigenvalue weighted by molar-refractivity contribution is 0.171. The van der Waals surface area contributed by atoms with Crippen molar-refractivity contribution in [1.82, 2.24) is 24.6 Å². The summed E-state index contributed by atoms with van der Waals surface area (Å²) in [5, 5.41) is 4.64. The standard InChI is InChI=1S/C14H21N5O/c1-3-10-4-6-19(7-5-10)9-12-16-13-11(14(20)17-12)8-15-18(13)2/h8,10H,3-7,9H2,1-2H3,(H,16,17,20). The van der Waals surface area contributed by atoms with Crippen molar-refractivity contribution in [3.05, 3.63) is 22.4 Å². The van der Waals surface area contributed by atoms with Crippen LogP contribution in [0, 0.1) is 5.92 Å². The second-order valence-corrected chi connectivity index (χ2v) is 5.65. The topological polar surface area (TPSA) is 66.8 Å². The van der Waals surface area contributed by atoms with Gasteiger partial charge in [-0.1, -0.05) is 13.3 Å². The molecule has 3 rings (SSSR count). The van der Waals surface area contributed by atoms with Crippen LogP contribution in [-0.4, -0.2) is 37.7 Å². The first-order valence-electron chi connectivity index (χ1n) is 7.30. The molecule has 20 heavy (non-hydrogen) atoms. The fourth-order valence-electron chi connectivity index (χ4n) is 2.92. The summed E-state index contributed by atoms with van der Waals surface area (Å²) in [6.45, 7) is 5.15. The summed E-state index contributed by atoms with van der Waals surface area (Å²) < 4.78 is 1.65. The second kappa shape index (κ2) is 5.36. The number of fused-ring (bicyclic) bond motifs is 1. The van der Waals surface area contributed by atoms with Crippen LogP contribution in [0.3, 0.4) is 0 Å². The van der Waals surface area contributed by atoms with Gasteiger partial charge in [0, 0.05) is 7.05 Å². The van der Waals surface area contributed by atoms with E-state index < -0.39 is 0 Å². The van der Waals surface area contributed by atoms with Crippen LogP contribution >= 0.6 is 0 Å². The molecule has 0 unspecified atom stereocenters. The van der Waals surface area contributed by atoms with Gasteiger partial charge >= 0.3 is 0 Å². The summed E-state index contributed by atoms with van der Waals surface area (Å²) in [4.78, 5) is 21.8. The van der Waals surface area contributed by atoms with E-state index in [0.717, 1.165) is 24.8 Å². The van der Waals surface area contributed by atoms with E-state index in [4.69, 9.17) is 0 Å².